The van der Waals surface area contributed by atoms with E-state index in [1.807, 2.05) is 42.6 Å². The third kappa shape index (κ3) is 4.80. The van der Waals surface area contributed by atoms with E-state index in [9.17, 15) is 9.59 Å². The predicted molar refractivity (Wildman–Crippen MR) is 106 cm³/mol. The van der Waals surface area contributed by atoms with E-state index in [4.69, 9.17) is 0 Å². The summed E-state index contributed by atoms with van der Waals surface area (Å²) in [5.41, 5.74) is 5.02. The highest BCUT2D eigenvalue weighted by Gasteiger charge is 2.07. The fourth-order valence-electron chi connectivity index (χ4n) is 2.41. The molecule has 2 amide bonds. The number of fused-ring (bicyclic) bond motifs is 1. The van der Waals surface area contributed by atoms with Gasteiger partial charge in [0.25, 0.3) is 0 Å². The average Bonchev–Trinajstić information content (AvgIpc) is 3.05. The van der Waals surface area contributed by atoms with Crippen LogP contribution < -0.4 is 10.7 Å². The van der Waals surface area contributed by atoms with Crippen LogP contribution in [0.1, 0.15) is 18.4 Å². The van der Waals surface area contributed by atoms with E-state index in [1.165, 1.54) is 0 Å². The second-order valence-corrected chi connectivity index (χ2v) is 6.55. The lowest BCUT2D eigenvalue weighted by molar-refractivity contribution is -0.124. The second-order valence-electron chi connectivity index (χ2n) is 5.64. The Kier molecular flexibility index (Phi) is 5.80. The Bertz CT molecular complexity index is 948. The number of aromatic nitrogens is 1. The molecule has 0 saturated heterocycles. The number of carbonyl (C=O) groups is 2. The number of carbonyl (C=O) groups excluding carboxylic acids is 2. The normalized spacial score (nSPS) is 11.0. The van der Waals surface area contributed by atoms with E-state index in [-0.39, 0.29) is 24.7 Å². The van der Waals surface area contributed by atoms with Gasteiger partial charge in [-0.15, -0.1) is 0 Å². The SMILES string of the molecule is O=C(CCC(=O)Nc1ccc(Br)cc1)N/N=C\c1c[nH]c2ccccc12. The maximum absolute atomic E-state index is 11.9. The molecule has 1 heterocycles. The zero-order valence-corrected chi connectivity index (χ0v) is 15.4. The molecule has 0 radical (unpaired) electrons. The van der Waals surface area contributed by atoms with Crippen molar-refractivity contribution in [2.75, 3.05) is 5.32 Å². The fraction of sp³-hybridized carbons (Fsp3) is 0.105. The van der Waals surface area contributed by atoms with Crippen LogP contribution in [0.25, 0.3) is 10.9 Å². The quantitative estimate of drug-likeness (QED) is 0.424. The molecule has 7 heteroatoms. The summed E-state index contributed by atoms with van der Waals surface area (Å²) in [5, 5.41) is 7.72. The van der Waals surface area contributed by atoms with Gasteiger partial charge in [-0.3, -0.25) is 9.59 Å². The van der Waals surface area contributed by atoms with Gasteiger partial charge in [0, 0.05) is 45.7 Å². The zero-order valence-electron chi connectivity index (χ0n) is 13.8. The highest BCUT2D eigenvalue weighted by Crippen LogP contribution is 2.16. The lowest BCUT2D eigenvalue weighted by atomic mass is 10.2. The van der Waals surface area contributed by atoms with Crippen molar-refractivity contribution in [1.29, 1.82) is 0 Å². The molecule has 1 aromatic heterocycles. The molecule has 0 aliphatic carbocycles. The number of benzene rings is 2. The van der Waals surface area contributed by atoms with Crippen LogP contribution in [0.3, 0.4) is 0 Å². The summed E-state index contributed by atoms with van der Waals surface area (Å²) in [6, 6.07) is 15.1. The Balaban J connectivity index is 1.45. The van der Waals surface area contributed by atoms with Gasteiger partial charge in [-0.1, -0.05) is 34.1 Å². The number of hydrogen-bond acceptors (Lipinski definition) is 3. The number of amides is 2. The van der Waals surface area contributed by atoms with Crippen LogP contribution in [0, 0.1) is 0 Å². The minimum Gasteiger partial charge on any atom is -0.361 e. The molecule has 0 aliphatic rings. The van der Waals surface area contributed by atoms with Gasteiger partial charge in [0.1, 0.15) is 0 Å². The van der Waals surface area contributed by atoms with Gasteiger partial charge in [0.05, 0.1) is 6.21 Å². The molecule has 132 valence electrons. The maximum atomic E-state index is 11.9. The molecular formula is C19H17BrN4O2. The molecule has 3 rings (SSSR count). The van der Waals surface area contributed by atoms with Crippen molar-refractivity contribution >= 4 is 50.5 Å². The molecule has 6 nitrogen and oxygen atoms in total. The number of rotatable bonds is 6. The van der Waals surface area contributed by atoms with Crippen molar-refractivity contribution < 1.29 is 9.59 Å². The van der Waals surface area contributed by atoms with Crippen molar-refractivity contribution in [2.24, 2.45) is 5.10 Å². The number of anilines is 1. The van der Waals surface area contributed by atoms with E-state index in [0.29, 0.717) is 5.69 Å². The monoisotopic (exact) mass is 412 g/mol. The Morgan fingerprint density at radius 3 is 2.58 bits per heavy atom. The summed E-state index contributed by atoms with van der Waals surface area (Å²) in [4.78, 5) is 26.8. The summed E-state index contributed by atoms with van der Waals surface area (Å²) in [5.74, 6) is -0.532. The lowest BCUT2D eigenvalue weighted by Crippen LogP contribution is -2.20. The van der Waals surface area contributed by atoms with E-state index < -0.39 is 0 Å². The van der Waals surface area contributed by atoms with Crippen molar-refractivity contribution in [3.63, 3.8) is 0 Å². The molecule has 0 bridgehead atoms. The largest absolute Gasteiger partial charge is 0.361 e. The Hall–Kier alpha value is -2.93. The van der Waals surface area contributed by atoms with E-state index >= 15 is 0 Å². The van der Waals surface area contributed by atoms with E-state index in [1.54, 1.807) is 18.3 Å². The summed E-state index contributed by atoms with van der Waals surface area (Å²) >= 11 is 3.33. The van der Waals surface area contributed by atoms with Gasteiger partial charge in [-0.05, 0) is 30.3 Å². The highest BCUT2D eigenvalue weighted by molar-refractivity contribution is 9.10. The number of nitrogens with one attached hydrogen (secondary N) is 3. The van der Waals surface area contributed by atoms with Crippen LogP contribution in [0.5, 0.6) is 0 Å². The molecule has 0 atom stereocenters. The number of para-hydroxylation sites is 1. The number of hydrazone groups is 1. The van der Waals surface area contributed by atoms with Crippen molar-refractivity contribution in [1.82, 2.24) is 10.4 Å². The molecule has 0 aliphatic heterocycles. The van der Waals surface area contributed by atoms with Gasteiger partial charge < -0.3 is 10.3 Å². The first-order valence-corrected chi connectivity index (χ1v) is 8.84. The average molecular weight is 413 g/mol. The smallest absolute Gasteiger partial charge is 0.240 e. The molecule has 2 aromatic carbocycles. The van der Waals surface area contributed by atoms with Crippen LogP contribution in [0.2, 0.25) is 0 Å². The maximum Gasteiger partial charge on any atom is 0.240 e. The molecule has 0 spiro atoms. The highest BCUT2D eigenvalue weighted by atomic mass is 79.9. The summed E-state index contributed by atoms with van der Waals surface area (Å²) in [7, 11) is 0. The third-order valence-corrected chi connectivity index (χ3v) is 4.25. The molecule has 0 fully saturated rings. The first-order valence-electron chi connectivity index (χ1n) is 8.05. The molecule has 26 heavy (non-hydrogen) atoms. The van der Waals surface area contributed by atoms with E-state index in [0.717, 1.165) is 20.9 Å². The summed E-state index contributed by atoms with van der Waals surface area (Å²) in [6.07, 6.45) is 3.56. The second kappa shape index (κ2) is 8.44. The van der Waals surface area contributed by atoms with Crippen molar-refractivity contribution in [2.45, 2.75) is 12.8 Å². The van der Waals surface area contributed by atoms with E-state index in [2.05, 4.69) is 36.8 Å². The van der Waals surface area contributed by atoms with Gasteiger partial charge in [-0.2, -0.15) is 5.10 Å². The summed E-state index contributed by atoms with van der Waals surface area (Å²) in [6.45, 7) is 0. The van der Waals surface area contributed by atoms with Gasteiger partial charge >= 0.3 is 0 Å². The number of hydrogen-bond donors (Lipinski definition) is 3. The van der Waals surface area contributed by atoms with Crippen LogP contribution in [0.15, 0.2) is 64.3 Å². The fourth-order valence-corrected chi connectivity index (χ4v) is 2.68. The molecule has 0 saturated carbocycles. The van der Waals surface area contributed by atoms with Crippen molar-refractivity contribution in [3.05, 3.63) is 64.8 Å². The van der Waals surface area contributed by atoms with Crippen LogP contribution in [0.4, 0.5) is 5.69 Å². The van der Waals surface area contributed by atoms with Gasteiger partial charge in [-0.25, -0.2) is 5.43 Å². The Morgan fingerprint density at radius 1 is 1.04 bits per heavy atom. The molecule has 0 unspecified atom stereocenters. The lowest BCUT2D eigenvalue weighted by Gasteiger charge is -2.04. The third-order valence-electron chi connectivity index (χ3n) is 3.72. The van der Waals surface area contributed by atoms with Crippen molar-refractivity contribution in [3.8, 4) is 0 Å². The minimum atomic E-state index is -0.313. The minimum absolute atomic E-state index is 0.0631. The predicted octanol–water partition coefficient (Wildman–Crippen LogP) is 3.80. The number of nitrogens with zero attached hydrogens (tertiary/aromatic N) is 1. The Labute approximate surface area is 158 Å². The number of halogens is 1. The standard InChI is InChI=1S/C19H17BrN4O2/c20-14-5-7-15(8-6-14)23-18(25)9-10-19(26)24-22-12-13-11-21-17-4-2-1-3-16(13)17/h1-8,11-12,21H,9-10H2,(H,23,25)(H,24,26)/b22-12-. The summed E-state index contributed by atoms with van der Waals surface area (Å²) < 4.78 is 0.933. The molecular weight excluding hydrogens is 396 g/mol. The Morgan fingerprint density at radius 2 is 1.77 bits per heavy atom. The molecule has 3 N–H and O–H groups in total. The van der Waals surface area contributed by atoms with Gasteiger partial charge in [0.2, 0.25) is 11.8 Å². The topological polar surface area (TPSA) is 86.3 Å². The first kappa shape index (κ1) is 17.9. The van der Waals surface area contributed by atoms with Gasteiger partial charge in [0.15, 0.2) is 0 Å². The van der Waals surface area contributed by atoms with Crippen LogP contribution in [-0.2, 0) is 9.59 Å². The number of aromatic amines is 1. The van der Waals surface area contributed by atoms with Crippen LogP contribution >= 0.6 is 15.9 Å². The number of H-pyrrole nitrogens is 1. The zero-order chi connectivity index (χ0) is 18.4. The van der Waals surface area contributed by atoms with Crippen LogP contribution in [-0.4, -0.2) is 23.0 Å². The molecule has 3 aromatic rings. The first-order chi connectivity index (χ1) is 12.6.